The number of amides is 2. The van der Waals surface area contributed by atoms with E-state index in [1.807, 2.05) is 27.6 Å². The van der Waals surface area contributed by atoms with Gasteiger partial charge in [0, 0.05) is 35.6 Å². The molecule has 28 heavy (non-hydrogen) atoms. The third kappa shape index (κ3) is 3.42. The zero-order valence-corrected chi connectivity index (χ0v) is 16.1. The number of hydrogen-bond donors (Lipinski definition) is 1. The van der Waals surface area contributed by atoms with Crippen LogP contribution in [0.4, 0.5) is 10.5 Å². The molecule has 0 atom stereocenters. The number of likely N-dealkylation sites (tertiary alicyclic amines) is 1. The predicted molar refractivity (Wildman–Crippen MR) is 107 cm³/mol. The monoisotopic (exact) mass is 396 g/mol. The summed E-state index contributed by atoms with van der Waals surface area (Å²) in [6, 6.07) is 11.2. The lowest BCUT2D eigenvalue weighted by atomic mass is 9.96. The zero-order valence-electron chi connectivity index (χ0n) is 15.4. The Morgan fingerprint density at radius 1 is 1.04 bits per heavy atom. The minimum absolute atomic E-state index is 0.0963. The van der Waals surface area contributed by atoms with Crippen LogP contribution in [0.25, 0.3) is 5.65 Å². The summed E-state index contributed by atoms with van der Waals surface area (Å²) in [7, 11) is 0. The van der Waals surface area contributed by atoms with Gasteiger partial charge in [-0.15, -0.1) is 10.2 Å². The van der Waals surface area contributed by atoms with Crippen molar-refractivity contribution in [1.82, 2.24) is 24.7 Å². The van der Waals surface area contributed by atoms with Gasteiger partial charge in [-0.3, -0.25) is 0 Å². The molecule has 1 N–H and O–H groups in total. The van der Waals surface area contributed by atoms with Crippen LogP contribution in [0.2, 0.25) is 5.02 Å². The Morgan fingerprint density at radius 2 is 1.86 bits per heavy atom. The quantitative estimate of drug-likeness (QED) is 0.724. The summed E-state index contributed by atoms with van der Waals surface area (Å²) in [6.45, 7) is 1.35. The minimum Gasteiger partial charge on any atom is -0.324 e. The molecule has 8 heteroatoms. The summed E-state index contributed by atoms with van der Waals surface area (Å²) >= 11 is 5.99. The van der Waals surface area contributed by atoms with Crippen molar-refractivity contribution in [2.45, 2.75) is 37.5 Å². The van der Waals surface area contributed by atoms with Gasteiger partial charge in [0.05, 0.1) is 5.69 Å². The van der Waals surface area contributed by atoms with Crippen LogP contribution in [0.1, 0.15) is 49.0 Å². The lowest BCUT2D eigenvalue weighted by Crippen LogP contribution is -2.40. The lowest BCUT2D eigenvalue weighted by Gasteiger charge is -2.31. The summed E-state index contributed by atoms with van der Waals surface area (Å²) in [5.41, 5.74) is 2.63. The number of piperidine rings is 1. The molecule has 2 aliphatic rings. The van der Waals surface area contributed by atoms with E-state index < -0.39 is 0 Å². The van der Waals surface area contributed by atoms with Gasteiger partial charge >= 0.3 is 6.03 Å². The van der Waals surface area contributed by atoms with Gasteiger partial charge in [0.15, 0.2) is 11.5 Å². The van der Waals surface area contributed by atoms with E-state index in [1.54, 1.807) is 12.1 Å². The normalized spacial score (nSPS) is 17.8. The van der Waals surface area contributed by atoms with Gasteiger partial charge in [0.25, 0.3) is 0 Å². The first-order chi connectivity index (χ1) is 13.7. The largest absolute Gasteiger partial charge is 0.324 e. The highest BCUT2D eigenvalue weighted by Gasteiger charge is 2.29. The van der Waals surface area contributed by atoms with Crippen molar-refractivity contribution in [1.29, 1.82) is 0 Å². The number of carbonyl (C=O) groups is 1. The number of fused-ring (bicyclic) bond motifs is 1. The molecule has 2 amide bonds. The molecule has 0 spiro atoms. The maximum atomic E-state index is 12.5. The van der Waals surface area contributed by atoms with E-state index in [0.717, 1.165) is 30.0 Å². The van der Waals surface area contributed by atoms with Gasteiger partial charge in [-0.2, -0.15) is 9.61 Å². The molecule has 0 bridgehead atoms. The maximum absolute atomic E-state index is 12.5. The second-order valence-corrected chi connectivity index (χ2v) is 8.00. The fourth-order valence-corrected chi connectivity index (χ4v) is 3.97. The fourth-order valence-electron chi connectivity index (χ4n) is 3.78. The van der Waals surface area contributed by atoms with Crippen molar-refractivity contribution in [2.24, 2.45) is 0 Å². The summed E-state index contributed by atoms with van der Waals surface area (Å²) < 4.78 is 1.90. The molecule has 2 fully saturated rings. The van der Waals surface area contributed by atoms with Gasteiger partial charge in [-0.1, -0.05) is 17.7 Å². The van der Waals surface area contributed by atoms with Crippen LogP contribution in [0, 0.1) is 0 Å². The number of benzene rings is 1. The standard InChI is InChI=1S/C20H21ClN6O/c21-15-2-1-3-16(12-15)22-20(28)26-10-8-14(9-11-26)19-24-23-18-7-6-17(13-4-5-13)25-27(18)19/h1-3,6-7,12-14H,4-5,8-11H2,(H,22,28). The molecular weight excluding hydrogens is 376 g/mol. The number of nitrogens with zero attached hydrogens (tertiary/aromatic N) is 5. The third-order valence-corrected chi connectivity index (χ3v) is 5.76. The first kappa shape index (κ1) is 17.4. The second-order valence-electron chi connectivity index (χ2n) is 7.56. The van der Waals surface area contributed by atoms with Crippen LogP contribution in [0.15, 0.2) is 36.4 Å². The average Bonchev–Trinajstić information content (AvgIpc) is 3.47. The number of carbonyl (C=O) groups excluding carboxylic acids is 1. The highest BCUT2D eigenvalue weighted by atomic mass is 35.5. The molecule has 0 unspecified atom stereocenters. The SMILES string of the molecule is O=C(Nc1cccc(Cl)c1)N1CCC(c2nnc3ccc(C4CC4)nn23)CC1. The van der Waals surface area contributed by atoms with E-state index in [2.05, 4.69) is 21.6 Å². The van der Waals surface area contributed by atoms with Gasteiger partial charge in [-0.25, -0.2) is 4.79 Å². The van der Waals surface area contributed by atoms with Crippen LogP contribution in [0.3, 0.4) is 0 Å². The molecule has 1 aliphatic carbocycles. The number of halogens is 1. The molecule has 5 rings (SSSR count). The van der Waals surface area contributed by atoms with Crippen molar-refractivity contribution in [3.8, 4) is 0 Å². The van der Waals surface area contributed by atoms with E-state index in [4.69, 9.17) is 16.7 Å². The number of nitrogens with one attached hydrogen (secondary N) is 1. The zero-order chi connectivity index (χ0) is 19.1. The van der Waals surface area contributed by atoms with Crippen molar-refractivity contribution in [2.75, 3.05) is 18.4 Å². The van der Waals surface area contributed by atoms with Crippen LogP contribution >= 0.6 is 11.6 Å². The van der Waals surface area contributed by atoms with Crippen LogP contribution in [-0.2, 0) is 0 Å². The van der Waals surface area contributed by atoms with Crippen LogP contribution in [-0.4, -0.2) is 43.8 Å². The van der Waals surface area contributed by atoms with E-state index in [-0.39, 0.29) is 11.9 Å². The molecule has 7 nitrogen and oxygen atoms in total. The maximum Gasteiger partial charge on any atom is 0.321 e. The molecule has 1 saturated carbocycles. The van der Waals surface area contributed by atoms with Crippen molar-refractivity contribution >= 4 is 29.0 Å². The molecule has 3 heterocycles. The molecule has 1 aromatic carbocycles. The Balaban J connectivity index is 1.26. The van der Waals surface area contributed by atoms with Gasteiger partial charge in [0.2, 0.25) is 0 Å². The van der Waals surface area contributed by atoms with Gasteiger partial charge in [-0.05, 0) is 56.0 Å². The highest BCUT2D eigenvalue weighted by Crippen LogP contribution is 2.39. The lowest BCUT2D eigenvalue weighted by molar-refractivity contribution is 0.193. The predicted octanol–water partition coefficient (Wildman–Crippen LogP) is 4.07. The molecular formula is C20H21ClN6O. The van der Waals surface area contributed by atoms with E-state index in [1.165, 1.54) is 12.8 Å². The third-order valence-electron chi connectivity index (χ3n) is 5.53. The van der Waals surface area contributed by atoms with Gasteiger partial charge < -0.3 is 10.2 Å². The van der Waals surface area contributed by atoms with E-state index >= 15 is 0 Å². The first-order valence-electron chi connectivity index (χ1n) is 9.71. The molecule has 1 saturated heterocycles. The second kappa shape index (κ2) is 7.05. The van der Waals surface area contributed by atoms with E-state index in [0.29, 0.717) is 29.7 Å². The first-order valence-corrected chi connectivity index (χ1v) is 10.1. The van der Waals surface area contributed by atoms with Crippen molar-refractivity contribution in [3.05, 3.63) is 52.9 Å². The topological polar surface area (TPSA) is 75.4 Å². The number of urea groups is 1. The Bertz CT molecular complexity index is 1020. The van der Waals surface area contributed by atoms with Gasteiger partial charge in [0.1, 0.15) is 0 Å². The fraction of sp³-hybridized carbons (Fsp3) is 0.400. The van der Waals surface area contributed by atoms with Crippen LogP contribution < -0.4 is 5.32 Å². The highest BCUT2D eigenvalue weighted by molar-refractivity contribution is 6.30. The summed E-state index contributed by atoms with van der Waals surface area (Å²) in [6.07, 6.45) is 4.13. The molecule has 2 aromatic heterocycles. The summed E-state index contributed by atoms with van der Waals surface area (Å²) in [5.74, 6) is 1.76. The number of rotatable bonds is 3. The molecule has 0 radical (unpaired) electrons. The molecule has 3 aromatic rings. The van der Waals surface area contributed by atoms with Crippen molar-refractivity contribution in [3.63, 3.8) is 0 Å². The Morgan fingerprint density at radius 3 is 2.61 bits per heavy atom. The average molecular weight is 397 g/mol. The minimum atomic E-state index is -0.0963. The molecule has 1 aliphatic heterocycles. The Labute approximate surface area is 167 Å². The number of anilines is 1. The summed E-state index contributed by atoms with van der Waals surface area (Å²) in [5, 5.41) is 17.0. The Kier molecular flexibility index (Phi) is 4.39. The van der Waals surface area contributed by atoms with Crippen molar-refractivity contribution < 1.29 is 4.79 Å². The smallest absolute Gasteiger partial charge is 0.321 e. The van der Waals surface area contributed by atoms with Crippen LogP contribution in [0.5, 0.6) is 0 Å². The number of hydrogen-bond acceptors (Lipinski definition) is 4. The van der Waals surface area contributed by atoms with E-state index in [9.17, 15) is 4.79 Å². The number of aromatic nitrogens is 4. The molecule has 144 valence electrons. The summed E-state index contributed by atoms with van der Waals surface area (Å²) in [4.78, 5) is 14.4. The Hall–Kier alpha value is -2.67.